The fourth-order valence-corrected chi connectivity index (χ4v) is 2.71. The molecule has 6 heteroatoms. The van der Waals surface area contributed by atoms with Gasteiger partial charge in [-0.1, -0.05) is 24.3 Å². The molecule has 2 unspecified atom stereocenters. The Morgan fingerprint density at radius 1 is 0.727 bits per heavy atom. The molecule has 22 heavy (non-hydrogen) atoms. The van der Waals surface area contributed by atoms with Crippen LogP contribution in [-0.4, -0.2) is 22.2 Å². The first-order valence-electron chi connectivity index (χ1n) is 6.61. The van der Waals surface area contributed by atoms with Gasteiger partial charge in [-0.2, -0.15) is 0 Å². The first-order valence-corrected chi connectivity index (χ1v) is 6.61. The van der Waals surface area contributed by atoms with Gasteiger partial charge in [-0.05, 0) is 23.3 Å². The molecule has 0 saturated heterocycles. The number of ether oxygens (including phenoxy) is 2. The molecule has 2 aliphatic heterocycles. The summed E-state index contributed by atoms with van der Waals surface area (Å²) in [4.78, 5) is 23.3. The first-order chi connectivity index (χ1) is 10.5. The van der Waals surface area contributed by atoms with E-state index in [0.29, 0.717) is 33.4 Å². The molecule has 0 bridgehead atoms. The van der Waals surface area contributed by atoms with Gasteiger partial charge in [-0.15, -0.1) is 0 Å². The number of cyclic esters (lactones) is 2. The normalized spacial score (nSPS) is 22.1. The minimum atomic E-state index is -1.23. The van der Waals surface area contributed by atoms with Crippen LogP contribution in [0.5, 0.6) is 0 Å². The molecule has 0 fully saturated rings. The second kappa shape index (κ2) is 4.40. The van der Waals surface area contributed by atoms with Crippen LogP contribution >= 0.6 is 0 Å². The van der Waals surface area contributed by atoms with Gasteiger partial charge in [0.1, 0.15) is 0 Å². The molecule has 110 valence electrons. The van der Waals surface area contributed by atoms with E-state index < -0.39 is 24.5 Å². The standard InChI is InChI=1S/C16H10O6/c17-13-9-3-1-7(5-11(9)15(19)21-13)8-2-4-10-12(6-8)16(20)22-14(10)18/h1-6,13-14,17-18H. The van der Waals surface area contributed by atoms with E-state index in [4.69, 9.17) is 9.47 Å². The summed E-state index contributed by atoms with van der Waals surface area (Å²) in [6.45, 7) is 0. The lowest BCUT2D eigenvalue weighted by Gasteiger charge is -2.06. The van der Waals surface area contributed by atoms with E-state index in [9.17, 15) is 19.8 Å². The van der Waals surface area contributed by atoms with Crippen molar-refractivity contribution in [1.29, 1.82) is 0 Å². The van der Waals surface area contributed by atoms with Crippen LogP contribution < -0.4 is 0 Å². The van der Waals surface area contributed by atoms with Crippen LogP contribution in [0, 0.1) is 0 Å². The van der Waals surface area contributed by atoms with Crippen molar-refractivity contribution in [2.75, 3.05) is 0 Å². The van der Waals surface area contributed by atoms with Gasteiger partial charge in [-0.3, -0.25) is 0 Å². The van der Waals surface area contributed by atoms with Gasteiger partial charge in [0.2, 0.25) is 12.6 Å². The number of fused-ring (bicyclic) bond motifs is 2. The van der Waals surface area contributed by atoms with E-state index in [0.717, 1.165) is 0 Å². The highest BCUT2D eigenvalue weighted by Gasteiger charge is 2.31. The van der Waals surface area contributed by atoms with Crippen LogP contribution in [0.1, 0.15) is 44.4 Å². The van der Waals surface area contributed by atoms with Crippen molar-refractivity contribution < 1.29 is 29.3 Å². The maximum atomic E-state index is 11.7. The van der Waals surface area contributed by atoms with Crippen LogP contribution in [-0.2, 0) is 9.47 Å². The largest absolute Gasteiger partial charge is 0.428 e. The van der Waals surface area contributed by atoms with Crippen LogP contribution in [0.4, 0.5) is 0 Å². The first kappa shape index (κ1) is 13.0. The van der Waals surface area contributed by atoms with Gasteiger partial charge in [0.05, 0.1) is 11.1 Å². The van der Waals surface area contributed by atoms with Crippen molar-refractivity contribution in [3.63, 3.8) is 0 Å². The Bertz CT molecular complexity index is 756. The Balaban J connectivity index is 1.81. The highest BCUT2D eigenvalue weighted by Crippen LogP contribution is 2.35. The predicted octanol–water partition coefficient (Wildman–Crippen LogP) is 1.68. The molecule has 0 radical (unpaired) electrons. The molecule has 6 nitrogen and oxygen atoms in total. The van der Waals surface area contributed by atoms with Crippen molar-refractivity contribution in [2.24, 2.45) is 0 Å². The Labute approximate surface area is 124 Å². The number of carbonyl (C=O) groups excluding carboxylic acids is 2. The van der Waals surface area contributed by atoms with Gasteiger partial charge >= 0.3 is 11.9 Å². The topological polar surface area (TPSA) is 93.1 Å². The van der Waals surface area contributed by atoms with Crippen molar-refractivity contribution in [3.8, 4) is 11.1 Å². The molecule has 2 atom stereocenters. The molecule has 2 heterocycles. The van der Waals surface area contributed by atoms with Gasteiger partial charge < -0.3 is 19.7 Å². The fraction of sp³-hybridized carbons (Fsp3) is 0.125. The van der Waals surface area contributed by atoms with Crippen LogP contribution in [0.3, 0.4) is 0 Å². The number of esters is 2. The van der Waals surface area contributed by atoms with E-state index in [1.807, 2.05) is 0 Å². The zero-order valence-corrected chi connectivity index (χ0v) is 11.1. The average Bonchev–Trinajstić information content (AvgIpc) is 2.96. The SMILES string of the molecule is O=C1OC(O)c2ccc(-c3ccc4c(c3)C(=O)OC4O)cc21. The van der Waals surface area contributed by atoms with Gasteiger partial charge in [-0.25, -0.2) is 9.59 Å². The molecule has 0 saturated carbocycles. The van der Waals surface area contributed by atoms with Crippen molar-refractivity contribution in [1.82, 2.24) is 0 Å². The lowest BCUT2D eigenvalue weighted by Crippen LogP contribution is -1.96. The number of hydrogen-bond donors (Lipinski definition) is 2. The summed E-state index contributed by atoms with van der Waals surface area (Å²) < 4.78 is 9.47. The number of carbonyl (C=O) groups is 2. The van der Waals surface area contributed by atoms with E-state index in [1.165, 1.54) is 0 Å². The summed E-state index contributed by atoms with van der Waals surface area (Å²) in [5.41, 5.74) is 2.83. The molecule has 2 aliphatic rings. The molecule has 0 amide bonds. The lowest BCUT2D eigenvalue weighted by atomic mass is 9.97. The zero-order valence-electron chi connectivity index (χ0n) is 11.1. The van der Waals surface area contributed by atoms with Gasteiger partial charge in [0.25, 0.3) is 0 Å². The van der Waals surface area contributed by atoms with E-state index >= 15 is 0 Å². The molecule has 2 aromatic carbocycles. The summed E-state index contributed by atoms with van der Waals surface area (Å²) in [6, 6.07) is 9.88. The number of aliphatic hydroxyl groups is 2. The van der Waals surface area contributed by atoms with E-state index in [2.05, 4.69) is 0 Å². The summed E-state index contributed by atoms with van der Waals surface area (Å²) in [5, 5.41) is 19.1. The third-order valence-electron chi connectivity index (χ3n) is 3.85. The molecule has 4 rings (SSSR count). The third kappa shape index (κ3) is 1.75. The molecule has 0 aromatic heterocycles. The second-order valence-corrected chi connectivity index (χ2v) is 5.12. The molecular weight excluding hydrogens is 288 g/mol. The highest BCUT2D eigenvalue weighted by atomic mass is 16.6. The average molecular weight is 298 g/mol. The van der Waals surface area contributed by atoms with Crippen LogP contribution in [0.15, 0.2) is 36.4 Å². The van der Waals surface area contributed by atoms with Crippen molar-refractivity contribution >= 4 is 11.9 Å². The van der Waals surface area contributed by atoms with Crippen LogP contribution in [0.2, 0.25) is 0 Å². The summed E-state index contributed by atoms with van der Waals surface area (Å²) in [6.07, 6.45) is -2.47. The number of aliphatic hydroxyl groups excluding tert-OH is 2. The van der Waals surface area contributed by atoms with Gasteiger partial charge in [0, 0.05) is 11.1 Å². The van der Waals surface area contributed by atoms with Crippen LogP contribution in [0.25, 0.3) is 11.1 Å². The molecular formula is C16H10O6. The smallest absolute Gasteiger partial charge is 0.341 e. The second-order valence-electron chi connectivity index (χ2n) is 5.12. The Morgan fingerprint density at radius 3 is 1.55 bits per heavy atom. The molecule has 0 aliphatic carbocycles. The molecule has 0 spiro atoms. The number of hydrogen-bond acceptors (Lipinski definition) is 6. The fourth-order valence-electron chi connectivity index (χ4n) is 2.71. The monoisotopic (exact) mass is 298 g/mol. The maximum absolute atomic E-state index is 11.7. The van der Waals surface area contributed by atoms with E-state index in [1.54, 1.807) is 36.4 Å². The zero-order chi connectivity index (χ0) is 15.4. The molecule has 2 aromatic rings. The Kier molecular flexibility index (Phi) is 2.60. The summed E-state index contributed by atoms with van der Waals surface area (Å²) in [5.74, 6) is -1.17. The molecule has 2 N–H and O–H groups in total. The third-order valence-corrected chi connectivity index (χ3v) is 3.85. The number of rotatable bonds is 1. The van der Waals surface area contributed by atoms with Crippen molar-refractivity contribution in [3.05, 3.63) is 58.7 Å². The summed E-state index contributed by atoms with van der Waals surface area (Å²) >= 11 is 0. The number of benzene rings is 2. The van der Waals surface area contributed by atoms with Crippen molar-refractivity contribution in [2.45, 2.75) is 12.6 Å². The quantitative estimate of drug-likeness (QED) is 0.778. The lowest BCUT2D eigenvalue weighted by molar-refractivity contribution is -0.0557. The van der Waals surface area contributed by atoms with Gasteiger partial charge in [0.15, 0.2) is 0 Å². The maximum Gasteiger partial charge on any atom is 0.341 e. The Hall–Kier alpha value is -2.70. The van der Waals surface area contributed by atoms with E-state index in [-0.39, 0.29) is 0 Å². The minimum Gasteiger partial charge on any atom is -0.428 e. The minimum absolute atomic E-state index is 0.299. The Morgan fingerprint density at radius 2 is 1.14 bits per heavy atom. The summed E-state index contributed by atoms with van der Waals surface area (Å²) in [7, 11) is 0. The predicted molar refractivity (Wildman–Crippen MR) is 72.6 cm³/mol. The highest BCUT2D eigenvalue weighted by molar-refractivity contribution is 5.97.